The first-order valence-corrected chi connectivity index (χ1v) is 10.2. The van der Waals surface area contributed by atoms with Crippen LogP contribution in [0.1, 0.15) is 60.3 Å². The lowest BCUT2D eigenvalue weighted by Gasteiger charge is -2.19. The van der Waals surface area contributed by atoms with Gasteiger partial charge in [-0.05, 0) is 68.5 Å². The fraction of sp³-hybridized carbons (Fsp3) is 0.364. The van der Waals surface area contributed by atoms with Crippen LogP contribution in [-0.4, -0.2) is 17.6 Å². The molecule has 3 rings (SSSR count). The molecule has 0 saturated carbocycles. The Morgan fingerprint density at radius 2 is 1.86 bits per heavy atom. The van der Waals surface area contributed by atoms with E-state index in [0.717, 1.165) is 22.9 Å². The highest BCUT2D eigenvalue weighted by Gasteiger charge is 2.25. The Hall–Kier alpha value is -2.34. The van der Waals surface area contributed by atoms with Gasteiger partial charge in [-0.3, -0.25) is 4.79 Å². The van der Waals surface area contributed by atoms with E-state index in [1.165, 1.54) is 11.1 Å². The van der Waals surface area contributed by atoms with Crippen LogP contribution in [0.2, 0.25) is 0 Å². The number of hydrogen-bond acceptors (Lipinski definition) is 3. The maximum Gasteiger partial charge on any atom is 0.407 e. The Morgan fingerprint density at radius 3 is 2.54 bits per heavy atom. The number of alkyl carbamates (subject to hydrolysis) is 1. The summed E-state index contributed by atoms with van der Waals surface area (Å²) in [5, 5.41) is 5.84. The molecule has 0 heterocycles. The molecule has 2 aromatic carbocycles. The molecular formula is C22H25BrN2O3. The summed E-state index contributed by atoms with van der Waals surface area (Å²) in [4.78, 5) is 24.3. The maximum absolute atomic E-state index is 12.6. The SMILES string of the molecule is CC(C)(C)OC(=O)NCc1ccc(C(=O)NC2CCc3c(Br)cccc32)cc1. The van der Waals surface area contributed by atoms with Crippen molar-refractivity contribution in [2.24, 2.45) is 0 Å². The highest BCUT2D eigenvalue weighted by Crippen LogP contribution is 2.35. The van der Waals surface area contributed by atoms with E-state index in [0.29, 0.717) is 12.1 Å². The molecule has 0 saturated heterocycles. The number of carbonyl (C=O) groups is 2. The van der Waals surface area contributed by atoms with Crippen molar-refractivity contribution in [1.82, 2.24) is 10.6 Å². The first kappa shape index (κ1) is 20.4. The van der Waals surface area contributed by atoms with Gasteiger partial charge in [0.1, 0.15) is 5.60 Å². The Bertz CT molecular complexity index is 872. The Kier molecular flexibility index (Phi) is 6.08. The maximum atomic E-state index is 12.6. The van der Waals surface area contributed by atoms with Crippen molar-refractivity contribution in [2.45, 2.75) is 51.8 Å². The zero-order chi connectivity index (χ0) is 20.3. The fourth-order valence-electron chi connectivity index (χ4n) is 3.26. The Labute approximate surface area is 174 Å². The van der Waals surface area contributed by atoms with Crippen molar-refractivity contribution in [3.63, 3.8) is 0 Å². The van der Waals surface area contributed by atoms with Gasteiger partial charge >= 0.3 is 6.09 Å². The van der Waals surface area contributed by atoms with Gasteiger partial charge in [0.2, 0.25) is 0 Å². The van der Waals surface area contributed by atoms with Crippen LogP contribution in [0.25, 0.3) is 0 Å². The minimum Gasteiger partial charge on any atom is -0.444 e. The number of carbonyl (C=O) groups excluding carboxylic acids is 2. The largest absolute Gasteiger partial charge is 0.444 e. The highest BCUT2D eigenvalue weighted by molar-refractivity contribution is 9.10. The number of fused-ring (bicyclic) bond motifs is 1. The minimum absolute atomic E-state index is 0.0357. The molecule has 2 N–H and O–H groups in total. The van der Waals surface area contributed by atoms with Crippen LogP contribution in [0, 0.1) is 0 Å². The molecule has 6 heteroatoms. The van der Waals surface area contributed by atoms with Gasteiger partial charge in [0.25, 0.3) is 5.91 Å². The monoisotopic (exact) mass is 444 g/mol. The van der Waals surface area contributed by atoms with Crippen molar-refractivity contribution in [1.29, 1.82) is 0 Å². The van der Waals surface area contributed by atoms with Gasteiger partial charge in [-0.15, -0.1) is 0 Å². The molecule has 1 atom stereocenters. The van der Waals surface area contributed by atoms with E-state index in [-0.39, 0.29) is 11.9 Å². The van der Waals surface area contributed by atoms with E-state index in [1.807, 2.05) is 45.0 Å². The molecule has 0 bridgehead atoms. The van der Waals surface area contributed by atoms with Crippen LogP contribution in [0.5, 0.6) is 0 Å². The molecule has 2 amide bonds. The van der Waals surface area contributed by atoms with Crippen molar-refractivity contribution in [2.75, 3.05) is 0 Å². The van der Waals surface area contributed by atoms with E-state index in [2.05, 4.69) is 32.6 Å². The predicted octanol–water partition coefficient (Wildman–Crippen LogP) is 4.89. The lowest BCUT2D eigenvalue weighted by atomic mass is 10.1. The molecule has 0 aromatic heterocycles. The summed E-state index contributed by atoms with van der Waals surface area (Å²) in [6, 6.07) is 13.4. The van der Waals surface area contributed by atoms with Crippen molar-refractivity contribution < 1.29 is 14.3 Å². The van der Waals surface area contributed by atoms with E-state index in [4.69, 9.17) is 4.74 Å². The average molecular weight is 445 g/mol. The second-order valence-electron chi connectivity index (χ2n) is 7.92. The second-order valence-corrected chi connectivity index (χ2v) is 8.78. The summed E-state index contributed by atoms with van der Waals surface area (Å²) in [5.74, 6) is -0.0931. The van der Waals surface area contributed by atoms with Gasteiger partial charge in [-0.2, -0.15) is 0 Å². The molecule has 28 heavy (non-hydrogen) atoms. The average Bonchev–Trinajstić information content (AvgIpc) is 3.03. The van der Waals surface area contributed by atoms with Crippen LogP contribution in [0.4, 0.5) is 4.79 Å². The van der Waals surface area contributed by atoms with Gasteiger partial charge in [0.05, 0.1) is 6.04 Å². The van der Waals surface area contributed by atoms with Gasteiger partial charge in [0.15, 0.2) is 0 Å². The number of nitrogens with one attached hydrogen (secondary N) is 2. The summed E-state index contributed by atoms with van der Waals surface area (Å²) in [6.45, 7) is 5.81. The molecule has 2 aromatic rings. The Morgan fingerprint density at radius 1 is 1.14 bits per heavy atom. The van der Waals surface area contributed by atoms with Gasteiger partial charge in [-0.25, -0.2) is 4.79 Å². The van der Waals surface area contributed by atoms with Crippen LogP contribution in [-0.2, 0) is 17.7 Å². The van der Waals surface area contributed by atoms with Crippen LogP contribution in [0.3, 0.4) is 0 Å². The van der Waals surface area contributed by atoms with E-state index < -0.39 is 11.7 Å². The van der Waals surface area contributed by atoms with E-state index in [9.17, 15) is 9.59 Å². The van der Waals surface area contributed by atoms with Crippen LogP contribution < -0.4 is 10.6 Å². The third kappa shape index (κ3) is 5.13. The molecule has 0 fully saturated rings. The highest BCUT2D eigenvalue weighted by atomic mass is 79.9. The van der Waals surface area contributed by atoms with Crippen molar-refractivity contribution >= 4 is 27.9 Å². The summed E-state index contributed by atoms with van der Waals surface area (Å²) in [5.41, 5.74) is 3.43. The predicted molar refractivity (Wildman–Crippen MR) is 112 cm³/mol. The summed E-state index contributed by atoms with van der Waals surface area (Å²) in [6.07, 6.45) is 1.40. The molecule has 1 aliphatic rings. The third-order valence-corrected chi connectivity index (χ3v) is 5.31. The normalized spacial score (nSPS) is 15.6. The smallest absolute Gasteiger partial charge is 0.407 e. The minimum atomic E-state index is -0.527. The molecule has 0 radical (unpaired) electrons. The number of amides is 2. The number of rotatable bonds is 4. The molecule has 5 nitrogen and oxygen atoms in total. The summed E-state index contributed by atoms with van der Waals surface area (Å²) < 4.78 is 6.32. The van der Waals surface area contributed by atoms with Gasteiger partial charge in [-0.1, -0.05) is 40.2 Å². The third-order valence-electron chi connectivity index (χ3n) is 4.57. The summed E-state index contributed by atoms with van der Waals surface area (Å²) >= 11 is 3.58. The fourth-order valence-corrected chi connectivity index (χ4v) is 3.84. The standard InChI is InChI=1S/C22H25BrN2O3/c1-22(2,3)28-21(27)24-13-14-7-9-15(10-8-14)20(26)25-19-12-11-16-17(19)5-4-6-18(16)23/h4-10,19H,11-13H2,1-3H3,(H,24,27)(H,25,26). The molecule has 1 aliphatic carbocycles. The lowest BCUT2D eigenvalue weighted by molar-refractivity contribution is 0.0523. The number of ether oxygens (including phenoxy) is 1. The van der Waals surface area contributed by atoms with Gasteiger partial charge < -0.3 is 15.4 Å². The first-order chi connectivity index (χ1) is 13.2. The topological polar surface area (TPSA) is 67.4 Å². The van der Waals surface area contributed by atoms with E-state index in [1.54, 1.807) is 12.1 Å². The molecule has 148 valence electrons. The first-order valence-electron chi connectivity index (χ1n) is 9.37. The molecule has 0 spiro atoms. The molecule has 0 aliphatic heterocycles. The summed E-state index contributed by atoms with van der Waals surface area (Å²) in [7, 11) is 0. The Balaban J connectivity index is 1.56. The lowest BCUT2D eigenvalue weighted by Crippen LogP contribution is -2.32. The second kappa shape index (κ2) is 8.35. The number of halogens is 1. The van der Waals surface area contributed by atoms with Gasteiger partial charge in [0, 0.05) is 16.6 Å². The van der Waals surface area contributed by atoms with Crippen LogP contribution in [0.15, 0.2) is 46.9 Å². The number of hydrogen-bond donors (Lipinski definition) is 2. The van der Waals surface area contributed by atoms with Crippen LogP contribution >= 0.6 is 15.9 Å². The van der Waals surface area contributed by atoms with Crippen molar-refractivity contribution in [3.05, 3.63) is 69.2 Å². The zero-order valence-electron chi connectivity index (χ0n) is 16.3. The van der Waals surface area contributed by atoms with Crippen molar-refractivity contribution in [3.8, 4) is 0 Å². The molecular weight excluding hydrogens is 420 g/mol. The molecule has 1 unspecified atom stereocenters. The number of benzene rings is 2. The van der Waals surface area contributed by atoms with E-state index >= 15 is 0 Å². The zero-order valence-corrected chi connectivity index (χ0v) is 17.9. The quantitative estimate of drug-likeness (QED) is 0.704.